The molecule has 2 aromatic carbocycles. The number of halogens is 1. The van der Waals surface area contributed by atoms with E-state index in [9.17, 15) is 15.0 Å². The Hall–Kier alpha value is -1.74. The molecule has 3 aromatic rings. The molecule has 0 amide bonds. The van der Waals surface area contributed by atoms with Gasteiger partial charge in [0.1, 0.15) is 11.8 Å². The fourth-order valence-electron chi connectivity index (χ4n) is 3.24. The van der Waals surface area contributed by atoms with Crippen molar-refractivity contribution >= 4 is 51.4 Å². The van der Waals surface area contributed by atoms with Crippen molar-refractivity contribution in [2.45, 2.75) is 38.4 Å². The predicted molar refractivity (Wildman–Crippen MR) is 121 cm³/mol. The number of carboxylic acid groups (broad SMARTS) is 1. The third kappa shape index (κ3) is 4.46. The van der Waals surface area contributed by atoms with Crippen molar-refractivity contribution in [1.82, 2.24) is 9.55 Å². The summed E-state index contributed by atoms with van der Waals surface area (Å²) in [4.78, 5) is 16.9. The Kier molecular flexibility index (Phi) is 6.24. The summed E-state index contributed by atoms with van der Waals surface area (Å²) in [5.74, 6) is 0.103. The van der Waals surface area contributed by atoms with Gasteiger partial charge in [-0.3, -0.25) is 0 Å². The third-order valence-corrected chi connectivity index (χ3v) is 6.15. The van der Waals surface area contributed by atoms with Crippen LogP contribution in [0.15, 0.2) is 47.6 Å². The zero-order valence-corrected chi connectivity index (χ0v) is 19.0. The minimum Gasteiger partial charge on any atom is -0.508 e. The minimum absolute atomic E-state index is 0.282. The highest BCUT2D eigenvalue weighted by molar-refractivity contribution is 14.1. The van der Waals surface area contributed by atoms with Crippen molar-refractivity contribution in [2.24, 2.45) is 5.41 Å². The number of aryl methyl sites for hydroxylation is 1. The first-order valence-electron chi connectivity index (χ1n) is 8.98. The van der Waals surface area contributed by atoms with E-state index >= 15 is 0 Å². The average molecular weight is 510 g/mol. The lowest BCUT2D eigenvalue weighted by Gasteiger charge is -2.29. The number of phenols is 1. The molecular formula is C21H23IN2O3S. The number of hydrogen-bond donors (Lipinski definition) is 2. The smallest absolute Gasteiger partial charge is 0.327 e. The van der Waals surface area contributed by atoms with Gasteiger partial charge in [0.15, 0.2) is 5.16 Å². The monoisotopic (exact) mass is 510 g/mol. The molecule has 5 nitrogen and oxygen atoms in total. The summed E-state index contributed by atoms with van der Waals surface area (Å²) in [7, 11) is 0. The van der Waals surface area contributed by atoms with E-state index in [2.05, 4.69) is 22.6 Å². The van der Waals surface area contributed by atoms with Gasteiger partial charge in [0.05, 0.1) is 11.0 Å². The van der Waals surface area contributed by atoms with Gasteiger partial charge in [0.25, 0.3) is 0 Å². The van der Waals surface area contributed by atoms with E-state index in [4.69, 9.17) is 4.98 Å². The Labute approximate surface area is 182 Å². The number of fused-ring (bicyclic) bond motifs is 1. The molecule has 148 valence electrons. The second kappa shape index (κ2) is 8.32. The maximum Gasteiger partial charge on any atom is 0.327 e. The molecule has 0 saturated heterocycles. The molecule has 0 aliphatic rings. The van der Waals surface area contributed by atoms with Crippen LogP contribution in [-0.4, -0.2) is 31.5 Å². The van der Waals surface area contributed by atoms with Crippen molar-refractivity contribution in [2.75, 3.05) is 5.75 Å². The number of aliphatic carboxylic acids is 1. The van der Waals surface area contributed by atoms with E-state index in [1.54, 1.807) is 12.1 Å². The van der Waals surface area contributed by atoms with Crippen molar-refractivity contribution in [1.29, 1.82) is 0 Å². The number of benzene rings is 2. The number of nitrogens with zero attached hydrogens (tertiary/aromatic N) is 2. The summed E-state index contributed by atoms with van der Waals surface area (Å²) in [6.45, 7) is 5.80. The Morgan fingerprint density at radius 3 is 2.61 bits per heavy atom. The summed E-state index contributed by atoms with van der Waals surface area (Å²) in [5.41, 5.74) is 2.02. The molecular weight excluding hydrogens is 487 g/mol. The highest BCUT2D eigenvalue weighted by Crippen LogP contribution is 2.38. The van der Waals surface area contributed by atoms with Crippen LogP contribution >= 0.6 is 34.4 Å². The molecule has 28 heavy (non-hydrogen) atoms. The van der Waals surface area contributed by atoms with Gasteiger partial charge in [-0.1, -0.05) is 50.7 Å². The van der Waals surface area contributed by atoms with Crippen LogP contribution in [0.4, 0.5) is 0 Å². The molecule has 1 heterocycles. The van der Waals surface area contributed by atoms with Crippen LogP contribution in [0, 0.1) is 8.99 Å². The molecule has 0 bridgehead atoms. The number of aromatic nitrogens is 2. The Balaban J connectivity index is 1.99. The van der Waals surface area contributed by atoms with Gasteiger partial charge in [-0.15, -0.1) is 0 Å². The quantitative estimate of drug-likeness (QED) is 0.345. The highest BCUT2D eigenvalue weighted by Gasteiger charge is 2.35. The molecule has 0 saturated carbocycles. The molecule has 0 aliphatic heterocycles. The van der Waals surface area contributed by atoms with Gasteiger partial charge in [-0.25, -0.2) is 9.78 Å². The lowest BCUT2D eigenvalue weighted by molar-refractivity contribution is -0.144. The topological polar surface area (TPSA) is 75.3 Å². The summed E-state index contributed by atoms with van der Waals surface area (Å²) in [5, 5.41) is 20.6. The summed E-state index contributed by atoms with van der Waals surface area (Å²) >= 11 is 3.75. The molecule has 0 radical (unpaired) electrons. The maximum absolute atomic E-state index is 12.2. The Bertz CT molecular complexity index is 1010. The van der Waals surface area contributed by atoms with Crippen molar-refractivity contribution in [3.05, 3.63) is 51.6 Å². The molecule has 1 unspecified atom stereocenters. The molecule has 7 heteroatoms. The average Bonchev–Trinajstić information content (AvgIpc) is 2.93. The lowest BCUT2D eigenvalue weighted by Crippen LogP contribution is -2.32. The van der Waals surface area contributed by atoms with Crippen LogP contribution in [0.2, 0.25) is 0 Å². The zero-order valence-electron chi connectivity index (χ0n) is 16.0. The van der Waals surface area contributed by atoms with Crippen LogP contribution in [0.1, 0.15) is 32.4 Å². The van der Waals surface area contributed by atoms with E-state index < -0.39 is 17.4 Å². The number of hydrogen-bond acceptors (Lipinski definition) is 4. The first kappa shape index (κ1) is 21.0. The first-order valence-corrected chi connectivity index (χ1v) is 11.0. The van der Waals surface area contributed by atoms with E-state index in [0.29, 0.717) is 17.3 Å². The predicted octanol–water partition coefficient (Wildman–Crippen LogP) is 5.35. The van der Waals surface area contributed by atoms with Crippen molar-refractivity contribution in [3.8, 4) is 5.75 Å². The number of phenolic OH excluding ortho intramolecular Hbond substituents is 1. The number of carbonyl (C=O) groups is 1. The largest absolute Gasteiger partial charge is 0.508 e. The highest BCUT2D eigenvalue weighted by atomic mass is 127. The fourth-order valence-corrected chi connectivity index (χ4v) is 4.72. The molecule has 0 spiro atoms. The van der Waals surface area contributed by atoms with Gasteiger partial charge in [0.2, 0.25) is 0 Å². The summed E-state index contributed by atoms with van der Waals surface area (Å²) in [6.07, 6.45) is 0.672. The first-order chi connectivity index (χ1) is 13.2. The second-order valence-electron chi connectivity index (χ2n) is 7.73. The molecule has 1 atom stereocenters. The van der Waals surface area contributed by atoms with Gasteiger partial charge < -0.3 is 14.8 Å². The SMILES string of the molecule is CC(C)(C)C(C(=O)O)n1c(SCCc2ccccc2O)nc2ccc(I)cc21. The number of carboxylic acids is 1. The number of thioether (sulfide) groups is 1. The number of rotatable bonds is 6. The molecule has 2 N–H and O–H groups in total. The van der Waals surface area contributed by atoms with Gasteiger partial charge in [0, 0.05) is 9.32 Å². The number of para-hydroxylation sites is 1. The van der Waals surface area contributed by atoms with E-state index in [1.807, 2.05) is 55.7 Å². The third-order valence-electron chi connectivity index (χ3n) is 4.53. The second-order valence-corrected chi connectivity index (χ2v) is 10.0. The van der Waals surface area contributed by atoms with Crippen LogP contribution in [0.3, 0.4) is 0 Å². The van der Waals surface area contributed by atoms with Crippen LogP contribution in [-0.2, 0) is 11.2 Å². The Morgan fingerprint density at radius 1 is 1.25 bits per heavy atom. The van der Waals surface area contributed by atoms with Gasteiger partial charge >= 0.3 is 5.97 Å². The lowest BCUT2D eigenvalue weighted by atomic mass is 9.86. The van der Waals surface area contributed by atoms with Gasteiger partial charge in [-0.2, -0.15) is 0 Å². The Morgan fingerprint density at radius 2 is 1.96 bits per heavy atom. The van der Waals surface area contributed by atoms with Crippen LogP contribution < -0.4 is 0 Å². The van der Waals surface area contributed by atoms with Crippen LogP contribution in [0.25, 0.3) is 11.0 Å². The summed E-state index contributed by atoms with van der Waals surface area (Å²) in [6, 6.07) is 12.4. The van der Waals surface area contributed by atoms with Crippen LogP contribution in [0.5, 0.6) is 5.75 Å². The molecule has 3 rings (SSSR count). The fraction of sp³-hybridized carbons (Fsp3) is 0.333. The van der Waals surface area contributed by atoms with E-state index in [-0.39, 0.29) is 5.75 Å². The summed E-state index contributed by atoms with van der Waals surface area (Å²) < 4.78 is 2.89. The van der Waals surface area contributed by atoms with Gasteiger partial charge in [-0.05, 0) is 64.3 Å². The maximum atomic E-state index is 12.2. The molecule has 1 aromatic heterocycles. The number of aromatic hydroxyl groups is 1. The zero-order chi connectivity index (χ0) is 20.5. The normalized spacial score (nSPS) is 13.0. The number of imidazole rings is 1. The molecule has 0 fully saturated rings. The standard InChI is InChI=1S/C21H23IN2O3S/c1-21(2,3)18(19(26)27)24-16-12-14(22)8-9-15(16)23-20(24)28-11-10-13-6-4-5-7-17(13)25/h4-9,12,18,25H,10-11H2,1-3H3,(H,26,27). The van der Waals surface area contributed by atoms with Crippen molar-refractivity contribution in [3.63, 3.8) is 0 Å². The minimum atomic E-state index is -0.867. The van der Waals surface area contributed by atoms with E-state index in [1.165, 1.54) is 11.8 Å². The van der Waals surface area contributed by atoms with E-state index in [0.717, 1.165) is 20.2 Å². The van der Waals surface area contributed by atoms with Crippen molar-refractivity contribution < 1.29 is 15.0 Å². The molecule has 0 aliphatic carbocycles.